The number of nitrogens with one attached hydrogen (secondary N) is 3. The molecule has 3 N–H and O–H groups in total. The van der Waals surface area contributed by atoms with Gasteiger partial charge in [0, 0.05) is 23.2 Å². The van der Waals surface area contributed by atoms with Crippen molar-refractivity contribution >= 4 is 46.6 Å². The van der Waals surface area contributed by atoms with Crippen LogP contribution in [0.25, 0.3) is 11.3 Å². The maximum atomic E-state index is 12.6. The van der Waals surface area contributed by atoms with Gasteiger partial charge in [0.25, 0.3) is 5.56 Å². The number of nitrogens with zero attached hydrogens (tertiary/aromatic N) is 2. The summed E-state index contributed by atoms with van der Waals surface area (Å²) in [5, 5.41) is 13.8. The highest BCUT2D eigenvalue weighted by molar-refractivity contribution is 8.00. The standard InChI is InChI=1S/C21H20ClN5O3S/c1-3-17(19(29)24-14-8-6-7-13(22)11-14)31-21-25-20(30)18(26-27-21)15-9-4-5-10-16(15)23-12(2)28/h4-11,17H,3H2,1-2H3,(H,23,28)(H,24,29)(H,25,27,30). The molecule has 0 saturated heterocycles. The summed E-state index contributed by atoms with van der Waals surface area (Å²) >= 11 is 7.06. The van der Waals surface area contributed by atoms with Crippen molar-refractivity contribution in [2.45, 2.75) is 30.7 Å². The maximum Gasteiger partial charge on any atom is 0.278 e. The van der Waals surface area contributed by atoms with Crippen LogP contribution < -0.4 is 16.2 Å². The van der Waals surface area contributed by atoms with Crippen molar-refractivity contribution in [3.05, 3.63) is 63.9 Å². The Morgan fingerprint density at radius 3 is 2.58 bits per heavy atom. The van der Waals surface area contributed by atoms with Gasteiger partial charge in [-0.1, -0.05) is 54.6 Å². The zero-order chi connectivity index (χ0) is 22.4. The molecule has 1 aromatic heterocycles. The SMILES string of the molecule is CCC(Sc1nnc(-c2ccccc2NC(C)=O)c(=O)[nH]1)C(=O)Nc1cccc(Cl)c1. The van der Waals surface area contributed by atoms with Crippen molar-refractivity contribution in [2.75, 3.05) is 10.6 Å². The number of anilines is 2. The number of halogens is 1. The molecule has 160 valence electrons. The number of aromatic amines is 1. The lowest BCUT2D eigenvalue weighted by Gasteiger charge is -2.14. The fraction of sp³-hybridized carbons (Fsp3) is 0.190. The van der Waals surface area contributed by atoms with Crippen molar-refractivity contribution in [1.82, 2.24) is 15.2 Å². The number of aromatic nitrogens is 3. The molecule has 0 aliphatic rings. The van der Waals surface area contributed by atoms with Crippen LogP contribution in [0.5, 0.6) is 0 Å². The minimum absolute atomic E-state index is 0.0742. The summed E-state index contributed by atoms with van der Waals surface area (Å²) in [4.78, 5) is 39.4. The summed E-state index contributed by atoms with van der Waals surface area (Å²) in [5.41, 5.74) is 1.10. The van der Waals surface area contributed by atoms with E-state index in [-0.39, 0.29) is 22.7 Å². The van der Waals surface area contributed by atoms with Crippen LogP contribution in [0, 0.1) is 0 Å². The lowest BCUT2D eigenvalue weighted by molar-refractivity contribution is -0.116. The molecule has 1 heterocycles. The summed E-state index contributed by atoms with van der Waals surface area (Å²) in [7, 11) is 0. The van der Waals surface area contributed by atoms with Gasteiger partial charge in [-0.25, -0.2) is 0 Å². The minimum Gasteiger partial charge on any atom is -0.326 e. The van der Waals surface area contributed by atoms with Gasteiger partial charge in [0.05, 0.1) is 10.9 Å². The molecule has 0 fully saturated rings. The van der Waals surface area contributed by atoms with Gasteiger partial charge < -0.3 is 10.6 Å². The molecular formula is C21H20ClN5O3S. The van der Waals surface area contributed by atoms with E-state index in [0.717, 1.165) is 11.8 Å². The van der Waals surface area contributed by atoms with Gasteiger partial charge in [-0.3, -0.25) is 19.4 Å². The second-order valence-electron chi connectivity index (χ2n) is 6.55. The van der Waals surface area contributed by atoms with Gasteiger partial charge in [-0.15, -0.1) is 10.2 Å². The topological polar surface area (TPSA) is 117 Å². The van der Waals surface area contributed by atoms with E-state index in [1.165, 1.54) is 6.92 Å². The second kappa shape index (κ2) is 10.2. The third-order valence-corrected chi connectivity index (χ3v) is 5.65. The van der Waals surface area contributed by atoms with Crippen LogP contribution in [-0.2, 0) is 9.59 Å². The van der Waals surface area contributed by atoms with E-state index < -0.39 is 10.8 Å². The van der Waals surface area contributed by atoms with Crippen molar-refractivity contribution in [3.63, 3.8) is 0 Å². The largest absolute Gasteiger partial charge is 0.326 e. The van der Waals surface area contributed by atoms with Gasteiger partial charge in [-0.2, -0.15) is 0 Å². The smallest absolute Gasteiger partial charge is 0.278 e. The molecule has 0 aliphatic carbocycles. The number of amides is 2. The molecule has 0 spiro atoms. The third-order valence-electron chi connectivity index (χ3n) is 4.18. The Bertz CT molecular complexity index is 1170. The summed E-state index contributed by atoms with van der Waals surface area (Å²) < 4.78 is 0. The highest BCUT2D eigenvalue weighted by Gasteiger charge is 2.21. The summed E-state index contributed by atoms with van der Waals surface area (Å²) in [6.45, 7) is 3.24. The lowest BCUT2D eigenvalue weighted by Crippen LogP contribution is -2.25. The number of thioether (sulfide) groups is 1. The van der Waals surface area contributed by atoms with Gasteiger partial charge in [0.15, 0.2) is 10.9 Å². The average molecular weight is 458 g/mol. The summed E-state index contributed by atoms with van der Waals surface area (Å²) in [5.74, 6) is -0.502. The van der Waals surface area contributed by atoms with Crippen LogP contribution in [-0.4, -0.2) is 32.2 Å². The number of hydrogen-bond donors (Lipinski definition) is 3. The molecule has 0 aliphatic heterocycles. The Hall–Kier alpha value is -3.17. The molecule has 2 amide bonds. The van der Waals surface area contributed by atoms with Crippen molar-refractivity contribution in [2.24, 2.45) is 0 Å². The van der Waals surface area contributed by atoms with Crippen molar-refractivity contribution in [3.8, 4) is 11.3 Å². The highest BCUT2D eigenvalue weighted by atomic mass is 35.5. The molecule has 10 heteroatoms. The van der Waals surface area contributed by atoms with E-state index in [4.69, 9.17) is 11.6 Å². The molecule has 0 radical (unpaired) electrons. The first-order valence-electron chi connectivity index (χ1n) is 9.44. The number of rotatable bonds is 7. The van der Waals surface area contributed by atoms with E-state index >= 15 is 0 Å². The summed E-state index contributed by atoms with van der Waals surface area (Å²) in [6, 6.07) is 13.7. The predicted molar refractivity (Wildman–Crippen MR) is 122 cm³/mol. The first-order valence-corrected chi connectivity index (χ1v) is 10.7. The third kappa shape index (κ3) is 5.93. The van der Waals surface area contributed by atoms with E-state index in [1.54, 1.807) is 48.5 Å². The summed E-state index contributed by atoms with van der Waals surface area (Å²) in [6.07, 6.45) is 0.508. The number of H-pyrrole nitrogens is 1. The van der Waals surface area contributed by atoms with Crippen LogP contribution in [0.1, 0.15) is 20.3 Å². The molecule has 31 heavy (non-hydrogen) atoms. The zero-order valence-corrected chi connectivity index (χ0v) is 18.4. The first kappa shape index (κ1) is 22.5. The number of carbonyl (C=O) groups is 2. The maximum absolute atomic E-state index is 12.6. The number of para-hydroxylation sites is 1. The normalized spacial score (nSPS) is 11.6. The van der Waals surface area contributed by atoms with Gasteiger partial charge in [-0.05, 0) is 30.7 Å². The van der Waals surface area contributed by atoms with E-state index in [9.17, 15) is 14.4 Å². The second-order valence-corrected chi connectivity index (χ2v) is 8.18. The van der Waals surface area contributed by atoms with E-state index in [1.807, 2.05) is 6.92 Å². The number of hydrogen-bond acceptors (Lipinski definition) is 6. The van der Waals surface area contributed by atoms with E-state index in [2.05, 4.69) is 25.8 Å². The lowest BCUT2D eigenvalue weighted by atomic mass is 10.1. The molecule has 3 aromatic rings. The first-order chi connectivity index (χ1) is 14.9. The molecule has 8 nitrogen and oxygen atoms in total. The van der Waals surface area contributed by atoms with Crippen molar-refractivity contribution < 1.29 is 9.59 Å². The number of benzene rings is 2. The Morgan fingerprint density at radius 2 is 1.90 bits per heavy atom. The van der Waals surface area contributed by atoms with Gasteiger partial charge >= 0.3 is 0 Å². The van der Waals surface area contributed by atoms with Crippen LogP contribution in [0.2, 0.25) is 5.02 Å². The Balaban J connectivity index is 1.79. The molecule has 0 bridgehead atoms. The zero-order valence-electron chi connectivity index (χ0n) is 16.8. The van der Waals surface area contributed by atoms with Crippen LogP contribution in [0.4, 0.5) is 11.4 Å². The Morgan fingerprint density at radius 1 is 1.13 bits per heavy atom. The predicted octanol–water partition coefficient (Wildman–Crippen LogP) is 3.95. The fourth-order valence-electron chi connectivity index (χ4n) is 2.79. The Labute approximate surface area is 187 Å². The molecule has 1 atom stereocenters. The number of carbonyl (C=O) groups excluding carboxylic acids is 2. The Kier molecular flexibility index (Phi) is 7.43. The monoisotopic (exact) mass is 457 g/mol. The van der Waals surface area contributed by atoms with Crippen LogP contribution in [0.15, 0.2) is 58.5 Å². The van der Waals surface area contributed by atoms with Gasteiger partial charge in [0.1, 0.15) is 0 Å². The minimum atomic E-state index is -0.499. The fourth-order valence-corrected chi connectivity index (χ4v) is 3.82. The molecular weight excluding hydrogens is 438 g/mol. The highest BCUT2D eigenvalue weighted by Crippen LogP contribution is 2.26. The van der Waals surface area contributed by atoms with Gasteiger partial charge in [0.2, 0.25) is 11.8 Å². The van der Waals surface area contributed by atoms with Crippen LogP contribution >= 0.6 is 23.4 Å². The van der Waals surface area contributed by atoms with Crippen LogP contribution in [0.3, 0.4) is 0 Å². The average Bonchev–Trinajstić information content (AvgIpc) is 2.72. The van der Waals surface area contributed by atoms with Crippen molar-refractivity contribution in [1.29, 1.82) is 0 Å². The quantitative estimate of drug-likeness (QED) is 0.462. The molecule has 1 unspecified atom stereocenters. The molecule has 2 aromatic carbocycles. The molecule has 0 saturated carbocycles. The molecule has 3 rings (SSSR count). The van der Waals surface area contributed by atoms with E-state index in [0.29, 0.717) is 28.4 Å².